The van der Waals surface area contributed by atoms with Crippen molar-refractivity contribution in [1.82, 2.24) is 0 Å². The molecule has 0 atom stereocenters. The van der Waals surface area contributed by atoms with Gasteiger partial charge in [-0.3, -0.25) is 0 Å². The molecule has 0 aliphatic carbocycles. The van der Waals surface area contributed by atoms with E-state index in [-0.39, 0.29) is 0 Å². The van der Waals surface area contributed by atoms with Gasteiger partial charge in [0, 0.05) is 12.8 Å². The highest BCUT2D eigenvalue weighted by molar-refractivity contribution is 5.75. The molecule has 1 fully saturated rings. The Morgan fingerprint density at radius 3 is 2.43 bits per heavy atom. The summed E-state index contributed by atoms with van der Waals surface area (Å²) >= 11 is 0. The fourth-order valence-electron chi connectivity index (χ4n) is 2.45. The van der Waals surface area contributed by atoms with E-state index >= 15 is 0 Å². The fraction of sp³-hybridized carbons (Fsp3) is 0.588. The molecule has 1 aliphatic rings. The second kappa shape index (κ2) is 7.05. The Bertz CT molecular complexity index is 458. The van der Waals surface area contributed by atoms with Crippen molar-refractivity contribution in [3.8, 4) is 0 Å². The van der Waals surface area contributed by atoms with Gasteiger partial charge in [0.15, 0.2) is 0 Å². The molecule has 0 amide bonds. The van der Waals surface area contributed by atoms with Gasteiger partial charge in [0.05, 0.1) is 13.2 Å². The molecule has 0 spiro atoms. The molecule has 1 saturated heterocycles. The molecule has 1 aromatic carbocycles. The first-order valence-electron chi connectivity index (χ1n) is 7.56. The van der Waals surface area contributed by atoms with Crippen molar-refractivity contribution < 1.29 is 19.4 Å². The minimum atomic E-state index is -1.46. The molecule has 2 rings (SSSR count). The number of hydrogen-bond donors (Lipinski definition) is 1. The van der Waals surface area contributed by atoms with E-state index in [1.165, 1.54) is 18.1 Å². The Morgan fingerprint density at radius 2 is 1.86 bits per heavy atom. The summed E-state index contributed by atoms with van der Waals surface area (Å²) in [5.74, 6) is -2.21. The van der Waals surface area contributed by atoms with Crippen molar-refractivity contribution in [2.75, 3.05) is 13.2 Å². The summed E-state index contributed by atoms with van der Waals surface area (Å²) in [5, 5.41) is 8.99. The molecule has 116 valence electrons. The molecule has 4 heteroatoms. The van der Waals surface area contributed by atoms with Gasteiger partial charge >= 0.3 is 5.97 Å². The van der Waals surface area contributed by atoms with E-state index in [9.17, 15) is 4.79 Å². The normalized spacial score (nSPS) is 25.7. The summed E-state index contributed by atoms with van der Waals surface area (Å²) in [6.45, 7) is 4.49. The lowest BCUT2D eigenvalue weighted by Crippen LogP contribution is -2.47. The van der Waals surface area contributed by atoms with Gasteiger partial charge in [-0.15, -0.1) is 0 Å². The molecule has 1 aliphatic heterocycles. The number of rotatable bonds is 6. The number of carboxylic acids is 1. The monoisotopic (exact) mass is 292 g/mol. The molecule has 0 saturated carbocycles. The average Bonchev–Trinajstić information content (AvgIpc) is 2.47. The maximum atomic E-state index is 11.0. The van der Waals surface area contributed by atoms with E-state index in [4.69, 9.17) is 14.6 Å². The quantitative estimate of drug-likeness (QED) is 0.818. The second-order valence-electron chi connectivity index (χ2n) is 5.97. The van der Waals surface area contributed by atoms with E-state index in [0.717, 1.165) is 25.7 Å². The Morgan fingerprint density at radius 1 is 1.24 bits per heavy atom. The summed E-state index contributed by atoms with van der Waals surface area (Å²) < 4.78 is 10.7. The molecule has 0 unspecified atom stereocenters. The summed E-state index contributed by atoms with van der Waals surface area (Å²) in [4.78, 5) is 11.0. The number of carboxylic acid groups (broad SMARTS) is 1. The molecular formula is C17H24O4. The molecule has 4 nitrogen and oxygen atoms in total. The van der Waals surface area contributed by atoms with Crippen molar-refractivity contribution in [3.63, 3.8) is 0 Å². The van der Waals surface area contributed by atoms with Crippen LogP contribution in [0, 0.1) is 12.8 Å². The SMILES string of the molecule is Cc1ccc(CCCCC2COC(C)(C(=O)O)OC2)cc1. The molecule has 21 heavy (non-hydrogen) atoms. The first-order valence-corrected chi connectivity index (χ1v) is 7.56. The van der Waals surface area contributed by atoms with Crippen LogP contribution >= 0.6 is 0 Å². The summed E-state index contributed by atoms with van der Waals surface area (Å²) in [6, 6.07) is 8.65. The van der Waals surface area contributed by atoms with Crippen molar-refractivity contribution in [1.29, 1.82) is 0 Å². The topological polar surface area (TPSA) is 55.8 Å². The summed E-state index contributed by atoms with van der Waals surface area (Å²) in [6.07, 6.45) is 4.34. The number of carbonyl (C=O) groups is 1. The van der Waals surface area contributed by atoms with E-state index in [1.54, 1.807) is 0 Å². The molecule has 0 radical (unpaired) electrons. The van der Waals surface area contributed by atoms with Crippen LogP contribution in [0.4, 0.5) is 0 Å². The lowest BCUT2D eigenvalue weighted by Gasteiger charge is -2.34. The predicted octanol–water partition coefficient (Wildman–Crippen LogP) is 3.17. The minimum Gasteiger partial charge on any atom is -0.477 e. The fourth-order valence-corrected chi connectivity index (χ4v) is 2.45. The Kier molecular flexibility index (Phi) is 5.37. The van der Waals surface area contributed by atoms with Crippen LogP contribution in [0.5, 0.6) is 0 Å². The van der Waals surface area contributed by atoms with Gasteiger partial charge in [-0.05, 0) is 31.7 Å². The molecule has 1 N–H and O–H groups in total. The maximum absolute atomic E-state index is 11.0. The third-order valence-corrected chi connectivity index (χ3v) is 4.03. The van der Waals surface area contributed by atoms with Crippen LogP contribution in [0.1, 0.15) is 37.3 Å². The largest absolute Gasteiger partial charge is 0.477 e. The van der Waals surface area contributed by atoms with Crippen LogP contribution in [0.3, 0.4) is 0 Å². The lowest BCUT2D eigenvalue weighted by molar-refractivity contribution is -0.271. The van der Waals surface area contributed by atoms with E-state index in [1.807, 2.05) is 0 Å². The Hall–Kier alpha value is -1.39. The van der Waals surface area contributed by atoms with Gasteiger partial charge in [-0.1, -0.05) is 36.2 Å². The average molecular weight is 292 g/mol. The highest BCUT2D eigenvalue weighted by Gasteiger charge is 2.40. The van der Waals surface area contributed by atoms with Gasteiger partial charge < -0.3 is 14.6 Å². The second-order valence-corrected chi connectivity index (χ2v) is 5.97. The van der Waals surface area contributed by atoms with Crippen LogP contribution in [0.15, 0.2) is 24.3 Å². The highest BCUT2D eigenvalue weighted by atomic mass is 16.7. The lowest BCUT2D eigenvalue weighted by atomic mass is 9.99. The summed E-state index contributed by atoms with van der Waals surface area (Å²) in [5.41, 5.74) is 2.66. The van der Waals surface area contributed by atoms with Crippen LogP contribution in [-0.2, 0) is 20.7 Å². The molecular weight excluding hydrogens is 268 g/mol. The number of aliphatic carboxylic acids is 1. The molecule has 0 aromatic heterocycles. The van der Waals surface area contributed by atoms with Crippen LogP contribution in [0.2, 0.25) is 0 Å². The number of aryl methyl sites for hydroxylation is 2. The van der Waals surface area contributed by atoms with Crippen molar-refractivity contribution in [3.05, 3.63) is 35.4 Å². The van der Waals surface area contributed by atoms with Crippen LogP contribution in [0.25, 0.3) is 0 Å². The van der Waals surface area contributed by atoms with Crippen molar-refractivity contribution >= 4 is 5.97 Å². The number of hydrogen-bond acceptors (Lipinski definition) is 3. The zero-order valence-electron chi connectivity index (χ0n) is 12.8. The predicted molar refractivity (Wildman–Crippen MR) is 80.2 cm³/mol. The molecule has 1 aromatic rings. The Labute approximate surface area is 126 Å². The summed E-state index contributed by atoms with van der Waals surface area (Å²) in [7, 11) is 0. The third kappa shape index (κ3) is 4.55. The number of unbranched alkanes of at least 4 members (excludes halogenated alkanes) is 1. The smallest absolute Gasteiger partial charge is 0.364 e. The maximum Gasteiger partial charge on any atom is 0.364 e. The van der Waals surface area contributed by atoms with Gasteiger partial charge in [0.1, 0.15) is 0 Å². The van der Waals surface area contributed by atoms with Gasteiger partial charge in [0.2, 0.25) is 0 Å². The van der Waals surface area contributed by atoms with Gasteiger partial charge in [0.25, 0.3) is 5.79 Å². The van der Waals surface area contributed by atoms with Crippen molar-refractivity contribution in [2.24, 2.45) is 5.92 Å². The van der Waals surface area contributed by atoms with E-state index in [0.29, 0.717) is 19.1 Å². The Balaban J connectivity index is 1.64. The first-order chi connectivity index (χ1) is 9.99. The zero-order valence-corrected chi connectivity index (χ0v) is 12.8. The van der Waals surface area contributed by atoms with Crippen LogP contribution < -0.4 is 0 Å². The third-order valence-electron chi connectivity index (χ3n) is 4.03. The van der Waals surface area contributed by atoms with Gasteiger partial charge in [-0.25, -0.2) is 4.79 Å². The standard InChI is InChI=1S/C17H24O4/c1-13-7-9-14(10-8-13)5-3-4-6-15-11-20-17(2,16(18)19)21-12-15/h7-10,15H,3-6,11-12H2,1-2H3,(H,18,19). The highest BCUT2D eigenvalue weighted by Crippen LogP contribution is 2.24. The molecule has 0 bridgehead atoms. The van der Waals surface area contributed by atoms with Crippen LogP contribution in [-0.4, -0.2) is 30.1 Å². The van der Waals surface area contributed by atoms with E-state index in [2.05, 4.69) is 31.2 Å². The van der Waals surface area contributed by atoms with Crippen molar-refractivity contribution in [2.45, 2.75) is 45.3 Å². The number of ether oxygens (including phenoxy) is 2. The number of benzene rings is 1. The van der Waals surface area contributed by atoms with Gasteiger partial charge in [-0.2, -0.15) is 0 Å². The first kappa shape index (κ1) is 16.0. The van der Waals surface area contributed by atoms with E-state index < -0.39 is 11.8 Å². The minimum absolute atomic E-state index is 0.301. The zero-order chi connectivity index (χ0) is 15.3. The molecule has 1 heterocycles.